The average molecular weight is 405 g/mol. The van der Waals surface area contributed by atoms with Gasteiger partial charge in [0.1, 0.15) is 0 Å². The Morgan fingerprint density at radius 3 is 2.72 bits per heavy atom. The van der Waals surface area contributed by atoms with Crippen LogP contribution in [0.1, 0.15) is 77.6 Å². The second-order valence-corrected chi connectivity index (χ2v) is 8.93. The van der Waals surface area contributed by atoms with Crippen LogP contribution in [0.4, 0.5) is 0 Å². The Morgan fingerprint density at radius 1 is 1.34 bits per heavy atom. The molecule has 29 heavy (non-hydrogen) atoms. The Morgan fingerprint density at radius 2 is 2.10 bits per heavy atom. The summed E-state index contributed by atoms with van der Waals surface area (Å²) in [6.45, 7) is 6.37. The summed E-state index contributed by atoms with van der Waals surface area (Å²) in [5.74, 6) is 0.141. The Labute approximate surface area is 176 Å². The molecular formula is C25H40O4. The molecule has 0 amide bonds. The van der Waals surface area contributed by atoms with Crippen LogP contribution < -0.4 is 0 Å². The van der Waals surface area contributed by atoms with Crippen molar-refractivity contribution >= 4 is 5.97 Å². The van der Waals surface area contributed by atoms with Gasteiger partial charge in [0, 0.05) is 12.3 Å². The zero-order chi connectivity index (χ0) is 21.3. The number of aliphatic hydroxyl groups excluding tert-OH is 2. The van der Waals surface area contributed by atoms with Crippen molar-refractivity contribution in [2.75, 3.05) is 7.11 Å². The summed E-state index contributed by atoms with van der Waals surface area (Å²) in [4.78, 5) is 11.1. The number of methoxy groups -OCH3 is 1. The fourth-order valence-corrected chi connectivity index (χ4v) is 5.00. The van der Waals surface area contributed by atoms with Crippen molar-refractivity contribution in [1.29, 1.82) is 0 Å². The summed E-state index contributed by atoms with van der Waals surface area (Å²) >= 11 is 0. The first kappa shape index (κ1) is 23.9. The molecule has 0 spiro atoms. The van der Waals surface area contributed by atoms with Crippen molar-refractivity contribution in [3.63, 3.8) is 0 Å². The molecule has 1 unspecified atom stereocenters. The summed E-state index contributed by atoms with van der Waals surface area (Å²) in [6.07, 6.45) is 17.8. The molecular weight excluding hydrogens is 364 g/mol. The smallest absolute Gasteiger partial charge is 0.305 e. The van der Waals surface area contributed by atoms with E-state index in [4.69, 9.17) is 0 Å². The minimum absolute atomic E-state index is 0.0675. The van der Waals surface area contributed by atoms with Crippen LogP contribution in [0.15, 0.2) is 36.5 Å². The van der Waals surface area contributed by atoms with Crippen molar-refractivity contribution in [3.05, 3.63) is 36.5 Å². The Balaban J connectivity index is 1.83. The maximum atomic E-state index is 11.1. The number of hydrogen-bond acceptors (Lipinski definition) is 4. The van der Waals surface area contributed by atoms with Crippen molar-refractivity contribution in [2.45, 2.75) is 89.8 Å². The molecule has 2 aliphatic carbocycles. The largest absolute Gasteiger partial charge is 0.469 e. The Hall–Kier alpha value is -1.39. The SMILES string of the molecule is C=C1C[C@@H](O)[C@H](/C=C/CC(O)C2(CCC)CCC2)[C@H]1C/C=C\CCCC(=O)OC. The molecule has 0 aromatic heterocycles. The normalized spacial score (nSPS) is 27.4. The van der Waals surface area contributed by atoms with Crippen molar-refractivity contribution in [3.8, 4) is 0 Å². The quantitative estimate of drug-likeness (QED) is 0.270. The van der Waals surface area contributed by atoms with Crippen LogP contribution in [0.25, 0.3) is 0 Å². The van der Waals surface area contributed by atoms with E-state index >= 15 is 0 Å². The van der Waals surface area contributed by atoms with Gasteiger partial charge in [-0.2, -0.15) is 0 Å². The highest BCUT2D eigenvalue weighted by Crippen LogP contribution is 2.48. The molecule has 2 fully saturated rings. The first-order valence-electron chi connectivity index (χ1n) is 11.4. The highest BCUT2D eigenvalue weighted by molar-refractivity contribution is 5.69. The summed E-state index contributed by atoms with van der Waals surface area (Å²) in [6, 6.07) is 0. The number of hydrogen-bond donors (Lipinski definition) is 2. The third-order valence-corrected chi connectivity index (χ3v) is 6.96. The van der Waals surface area contributed by atoms with Crippen molar-refractivity contribution < 1.29 is 19.7 Å². The number of allylic oxidation sites excluding steroid dienone is 2. The molecule has 4 nitrogen and oxygen atoms in total. The number of carbonyl (C=O) groups is 1. The van der Waals surface area contributed by atoms with Crippen LogP contribution in [0.2, 0.25) is 0 Å². The van der Waals surface area contributed by atoms with Gasteiger partial charge in [0.2, 0.25) is 0 Å². The lowest BCUT2D eigenvalue weighted by atomic mass is 9.62. The maximum absolute atomic E-state index is 11.1. The molecule has 0 aliphatic heterocycles. The van der Waals surface area contributed by atoms with Gasteiger partial charge in [-0.25, -0.2) is 0 Å². The molecule has 0 aromatic rings. The predicted molar refractivity (Wildman–Crippen MR) is 117 cm³/mol. The number of aliphatic hydroxyl groups is 2. The molecule has 0 aromatic carbocycles. The minimum atomic E-state index is -0.387. The fraction of sp³-hybridized carbons (Fsp3) is 0.720. The van der Waals surface area contributed by atoms with E-state index in [0.717, 1.165) is 50.5 Å². The maximum Gasteiger partial charge on any atom is 0.305 e. The summed E-state index contributed by atoms with van der Waals surface area (Å²) in [5, 5.41) is 21.2. The van der Waals surface area contributed by atoms with Gasteiger partial charge in [0.25, 0.3) is 0 Å². The van der Waals surface area contributed by atoms with Crippen molar-refractivity contribution in [1.82, 2.24) is 0 Å². The highest BCUT2D eigenvalue weighted by atomic mass is 16.5. The molecule has 2 N–H and O–H groups in total. The van der Waals surface area contributed by atoms with Gasteiger partial charge in [-0.05, 0) is 62.7 Å². The van der Waals surface area contributed by atoms with Crippen LogP contribution in [0.5, 0.6) is 0 Å². The first-order chi connectivity index (χ1) is 13.9. The average Bonchev–Trinajstić information content (AvgIpc) is 2.93. The monoisotopic (exact) mass is 404 g/mol. The molecule has 2 rings (SSSR count). The summed E-state index contributed by atoms with van der Waals surface area (Å²) < 4.78 is 4.65. The van der Waals surface area contributed by atoms with E-state index in [9.17, 15) is 15.0 Å². The lowest BCUT2D eigenvalue weighted by Crippen LogP contribution is -2.41. The topological polar surface area (TPSA) is 66.8 Å². The van der Waals surface area contributed by atoms with E-state index in [2.05, 4.69) is 42.5 Å². The van der Waals surface area contributed by atoms with E-state index in [1.54, 1.807) is 0 Å². The molecule has 0 heterocycles. The van der Waals surface area contributed by atoms with Crippen LogP contribution in [0, 0.1) is 17.3 Å². The predicted octanol–water partition coefficient (Wildman–Crippen LogP) is 5.11. The van der Waals surface area contributed by atoms with Gasteiger partial charge in [0.05, 0.1) is 19.3 Å². The number of ether oxygens (including phenoxy) is 1. The van der Waals surface area contributed by atoms with Crippen LogP contribution in [-0.2, 0) is 9.53 Å². The molecule has 4 heteroatoms. The molecule has 0 saturated heterocycles. The molecule has 2 saturated carbocycles. The molecule has 164 valence electrons. The zero-order valence-electron chi connectivity index (χ0n) is 18.3. The number of esters is 1. The lowest BCUT2D eigenvalue weighted by molar-refractivity contribution is -0.140. The van der Waals surface area contributed by atoms with E-state index in [-0.39, 0.29) is 35.4 Å². The van der Waals surface area contributed by atoms with E-state index in [0.29, 0.717) is 19.3 Å². The van der Waals surface area contributed by atoms with Gasteiger partial charge < -0.3 is 14.9 Å². The van der Waals surface area contributed by atoms with Gasteiger partial charge in [-0.15, -0.1) is 0 Å². The standard InChI is InChI=1S/C25H40O4/c1-4-15-25(16-10-17-25)23(27)13-9-12-21-20(19(2)18-22(21)26)11-7-5-6-8-14-24(28)29-3/h5,7,9,12,20-23,26-27H,2,4,6,8,10-11,13-18H2,1,3H3/b7-5-,12-9+/t20-,21+,22+,23?/m0/s1. The lowest BCUT2D eigenvalue weighted by Gasteiger charge is -2.45. The van der Waals surface area contributed by atoms with E-state index in [1.807, 2.05) is 0 Å². The number of unbranched alkanes of at least 4 members (excludes halogenated alkanes) is 1. The third kappa shape index (κ3) is 6.55. The Bertz CT molecular complexity index is 588. The fourth-order valence-electron chi connectivity index (χ4n) is 5.00. The summed E-state index contributed by atoms with van der Waals surface area (Å²) in [5.41, 5.74) is 1.23. The molecule has 0 radical (unpaired) electrons. The zero-order valence-corrected chi connectivity index (χ0v) is 18.3. The van der Waals surface area contributed by atoms with Gasteiger partial charge in [-0.1, -0.05) is 56.2 Å². The van der Waals surface area contributed by atoms with Crippen LogP contribution >= 0.6 is 0 Å². The second kappa shape index (κ2) is 11.7. The van der Waals surface area contributed by atoms with Gasteiger partial charge in [-0.3, -0.25) is 4.79 Å². The summed E-state index contributed by atoms with van der Waals surface area (Å²) in [7, 11) is 1.41. The van der Waals surface area contributed by atoms with E-state index in [1.165, 1.54) is 13.5 Å². The van der Waals surface area contributed by atoms with Crippen LogP contribution in [0.3, 0.4) is 0 Å². The van der Waals surface area contributed by atoms with Crippen molar-refractivity contribution in [2.24, 2.45) is 17.3 Å². The Kier molecular flexibility index (Phi) is 9.64. The second-order valence-electron chi connectivity index (χ2n) is 8.93. The third-order valence-electron chi connectivity index (χ3n) is 6.96. The molecule has 0 bridgehead atoms. The van der Waals surface area contributed by atoms with Crippen LogP contribution in [-0.4, -0.2) is 35.5 Å². The van der Waals surface area contributed by atoms with Gasteiger partial charge >= 0.3 is 5.97 Å². The number of rotatable bonds is 12. The first-order valence-corrected chi connectivity index (χ1v) is 11.4. The highest BCUT2D eigenvalue weighted by Gasteiger charge is 2.42. The van der Waals surface area contributed by atoms with E-state index < -0.39 is 0 Å². The number of carbonyl (C=O) groups excluding carboxylic acids is 1. The molecule has 2 aliphatic rings. The minimum Gasteiger partial charge on any atom is -0.469 e. The molecule has 4 atom stereocenters. The van der Waals surface area contributed by atoms with Gasteiger partial charge in [0.15, 0.2) is 0 Å².